The molecular formula is C11H10ClNO2. The summed E-state index contributed by atoms with van der Waals surface area (Å²) in [6.45, 7) is 1.97. The van der Waals surface area contributed by atoms with E-state index in [0.717, 1.165) is 16.3 Å². The molecule has 0 aliphatic heterocycles. The van der Waals surface area contributed by atoms with Gasteiger partial charge in [0.2, 0.25) is 0 Å². The van der Waals surface area contributed by atoms with Gasteiger partial charge in [0.1, 0.15) is 5.69 Å². The van der Waals surface area contributed by atoms with Crippen LogP contribution in [0.15, 0.2) is 30.5 Å². The number of aromatic nitrogens is 1. The van der Waals surface area contributed by atoms with Crippen molar-refractivity contribution < 1.29 is 9.90 Å². The van der Waals surface area contributed by atoms with Gasteiger partial charge in [-0.3, -0.25) is 0 Å². The molecule has 0 atom stereocenters. The molecule has 0 spiro atoms. The maximum atomic E-state index is 10.7. The second-order valence-corrected chi connectivity index (χ2v) is 3.23. The van der Waals surface area contributed by atoms with Crippen LogP contribution in [0.1, 0.15) is 16.1 Å². The first kappa shape index (κ1) is 11.5. The van der Waals surface area contributed by atoms with Gasteiger partial charge in [-0.1, -0.05) is 23.8 Å². The van der Waals surface area contributed by atoms with Crippen molar-refractivity contribution in [2.24, 2.45) is 0 Å². The van der Waals surface area contributed by atoms with E-state index in [0.29, 0.717) is 0 Å². The SMILES string of the molecule is Cc1ccc2cnc(C(=O)O)cc2c1.Cl. The fourth-order valence-corrected chi connectivity index (χ4v) is 1.38. The standard InChI is InChI=1S/C11H9NO2.ClH/c1-7-2-3-8-6-12-10(11(13)14)5-9(8)4-7;/h2-6H,1H3,(H,13,14);1H. The van der Waals surface area contributed by atoms with Crippen LogP contribution in [0.3, 0.4) is 0 Å². The first-order valence-electron chi connectivity index (χ1n) is 4.26. The number of carbonyl (C=O) groups is 1. The highest BCUT2D eigenvalue weighted by Crippen LogP contribution is 2.15. The molecular weight excluding hydrogens is 214 g/mol. The fourth-order valence-electron chi connectivity index (χ4n) is 1.38. The predicted octanol–water partition coefficient (Wildman–Crippen LogP) is 2.66. The van der Waals surface area contributed by atoms with Gasteiger partial charge >= 0.3 is 5.97 Å². The zero-order chi connectivity index (χ0) is 10.1. The predicted molar refractivity (Wildman–Crippen MR) is 60.7 cm³/mol. The van der Waals surface area contributed by atoms with Crippen LogP contribution >= 0.6 is 12.4 Å². The highest BCUT2D eigenvalue weighted by molar-refractivity contribution is 5.92. The summed E-state index contributed by atoms with van der Waals surface area (Å²) in [5.74, 6) is -0.992. The van der Waals surface area contributed by atoms with Gasteiger partial charge in [-0.25, -0.2) is 9.78 Å². The van der Waals surface area contributed by atoms with Gasteiger partial charge < -0.3 is 5.11 Å². The smallest absolute Gasteiger partial charge is 0.354 e. The summed E-state index contributed by atoms with van der Waals surface area (Å²) in [6, 6.07) is 7.45. The first-order valence-corrected chi connectivity index (χ1v) is 4.26. The third kappa shape index (κ3) is 2.25. The monoisotopic (exact) mass is 223 g/mol. The molecule has 78 valence electrons. The molecule has 0 unspecified atom stereocenters. The van der Waals surface area contributed by atoms with Crippen molar-refractivity contribution in [2.45, 2.75) is 6.92 Å². The van der Waals surface area contributed by atoms with Crippen LogP contribution in [0.5, 0.6) is 0 Å². The Labute approximate surface area is 93.2 Å². The summed E-state index contributed by atoms with van der Waals surface area (Å²) < 4.78 is 0. The molecule has 1 aromatic carbocycles. The van der Waals surface area contributed by atoms with E-state index in [9.17, 15) is 4.79 Å². The number of fused-ring (bicyclic) bond motifs is 1. The molecule has 0 radical (unpaired) electrons. The van der Waals surface area contributed by atoms with E-state index >= 15 is 0 Å². The van der Waals surface area contributed by atoms with E-state index in [1.807, 2.05) is 25.1 Å². The molecule has 3 nitrogen and oxygen atoms in total. The number of hydrogen-bond donors (Lipinski definition) is 1. The second kappa shape index (κ2) is 4.28. The number of carboxylic acid groups (broad SMARTS) is 1. The third-order valence-corrected chi connectivity index (χ3v) is 2.10. The van der Waals surface area contributed by atoms with Crippen LogP contribution in [0.2, 0.25) is 0 Å². The average molecular weight is 224 g/mol. The Morgan fingerprint density at radius 2 is 2.00 bits per heavy atom. The van der Waals surface area contributed by atoms with Crippen LogP contribution in [-0.4, -0.2) is 16.1 Å². The van der Waals surface area contributed by atoms with Gasteiger partial charge in [0.15, 0.2) is 0 Å². The Morgan fingerprint density at radius 3 is 2.67 bits per heavy atom. The first-order chi connectivity index (χ1) is 6.66. The molecule has 1 heterocycles. The van der Waals surface area contributed by atoms with Gasteiger partial charge in [-0.2, -0.15) is 0 Å². The number of rotatable bonds is 1. The summed E-state index contributed by atoms with van der Waals surface area (Å²) in [5.41, 5.74) is 1.20. The second-order valence-electron chi connectivity index (χ2n) is 3.23. The zero-order valence-corrected chi connectivity index (χ0v) is 8.91. The number of pyridine rings is 1. The van der Waals surface area contributed by atoms with Crippen molar-refractivity contribution in [3.8, 4) is 0 Å². The summed E-state index contributed by atoms with van der Waals surface area (Å²) in [4.78, 5) is 14.5. The van der Waals surface area contributed by atoms with E-state index in [-0.39, 0.29) is 18.1 Å². The number of halogens is 1. The quantitative estimate of drug-likeness (QED) is 0.809. The largest absolute Gasteiger partial charge is 0.477 e. The van der Waals surface area contributed by atoms with Crippen LogP contribution in [-0.2, 0) is 0 Å². The Hall–Kier alpha value is -1.61. The summed E-state index contributed by atoms with van der Waals surface area (Å²) in [5, 5.41) is 10.6. The lowest BCUT2D eigenvalue weighted by molar-refractivity contribution is 0.0690. The topological polar surface area (TPSA) is 50.2 Å². The Kier molecular flexibility index (Phi) is 3.27. The number of nitrogens with zero attached hydrogens (tertiary/aromatic N) is 1. The Morgan fingerprint density at radius 1 is 1.27 bits per heavy atom. The van der Waals surface area contributed by atoms with E-state index in [1.165, 1.54) is 0 Å². The van der Waals surface area contributed by atoms with Crippen LogP contribution in [0, 0.1) is 6.92 Å². The van der Waals surface area contributed by atoms with Crippen molar-refractivity contribution >= 4 is 29.1 Å². The van der Waals surface area contributed by atoms with Gasteiger partial charge in [0.25, 0.3) is 0 Å². The lowest BCUT2D eigenvalue weighted by atomic mass is 10.1. The normalized spacial score (nSPS) is 9.67. The van der Waals surface area contributed by atoms with E-state index in [4.69, 9.17) is 5.11 Å². The summed E-state index contributed by atoms with van der Waals surface area (Å²) >= 11 is 0. The van der Waals surface area contributed by atoms with E-state index < -0.39 is 5.97 Å². The molecule has 0 saturated carbocycles. The minimum absolute atomic E-state index is 0. The highest BCUT2D eigenvalue weighted by Gasteiger charge is 2.04. The Balaban J connectivity index is 0.00000112. The molecule has 1 aromatic heterocycles. The number of aromatic carboxylic acids is 1. The molecule has 0 saturated heterocycles. The number of hydrogen-bond acceptors (Lipinski definition) is 2. The minimum atomic E-state index is -0.992. The molecule has 2 rings (SSSR count). The molecule has 0 amide bonds. The van der Waals surface area contributed by atoms with Crippen LogP contribution in [0.25, 0.3) is 10.8 Å². The average Bonchev–Trinajstić information content (AvgIpc) is 2.16. The lowest BCUT2D eigenvalue weighted by Gasteiger charge is -1.99. The highest BCUT2D eigenvalue weighted by atomic mass is 35.5. The van der Waals surface area contributed by atoms with Gasteiger partial charge in [-0.05, 0) is 18.4 Å². The molecule has 0 fully saturated rings. The summed E-state index contributed by atoms with van der Waals surface area (Å²) in [7, 11) is 0. The van der Waals surface area contributed by atoms with E-state index in [2.05, 4.69) is 4.98 Å². The lowest BCUT2D eigenvalue weighted by Crippen LogP contribution is -1.99. The molecule has 0 bridgehead atoms. The third-order valence-electron chi connectivity index (χ3n) is 2.10. The molecule has 15 heavy (non-hydrogen) atoms. The van der Waals surface area contributed by atoms with E-state index in [1.54, 1.807) is 12.3 Å². The number of benzene rings is 1. The van der Waals surface area contributed by atoms with Crippen molar-refractivity contribution in [3.05, 3.63) is 41.7 Å². The van der Waals surface area contributed by atoms with Crippen LogP contribution in [0.4, 0.5) is 0 Å². The number of aryl methyl sites for hydroxylation is 1. The molecule has 1 N–H and O–H groups in total. The van der Waals surface area contributed by atoms with Crippen molar-refractivity contribution in [1.29, 1.82) is 0 Å². The summed E-state index contributed by atoms with van der Waals surface area (Å²) in [6.07, 6.45) is 1.58. The molecule has 0 aliphatic carbocycles. The number of carboxylic acids is 1. The zero-order valence-electron chi connectivity index (χ0n) is 8.10. The maximum absolute atomic E-state index is 10.7. The van der Waals surface area contributed by atoms with Crippen molar-refractivity contribution in [3.63, 3.8) is 0 Å². The van der Waals surface area contributed by atoms with Crippen LogP contribution < -0.4 is 0 Å². The molecule has 2 aromatic rings. The van der Waals surface area contributed by atoms with Gasteiger partial charge in [-0.15, -0.1) is 12.4 Å². The van der Waals surface area contributed by atoms with Gasteiger partial charge in [0, 0.05) is 11.6 Å². The fraction of sp³-hybridized carbons (Fsp3) is 0.0909. The Bertz CT molecular complexity index is 511. The van der Waals surface area contributed by atoms with Crippen molar-refractivity contribution in [2.75, 3.05) is 0 Å². The molecule has 4 heteroatoms. The van der Waals surface area contributed by atoms with Gasteiger partial charge in [0.05, 0.1) is 0 Å². The maximum Gasteiger partial charge on any atom is 0.354 e. The minimum Gasteiger partial charge on any atom is -0.477 e. The van der Waals surface area contributed by atoms with Crippen molar-refractivity contribution in [1.82, 2.24) is 4.98 Å². The molecule has 0 aliphatic rings.